The molecule has 4 rings (SSSR count). The third kappa shape index (κ3) is 6.15. The highest BCUT2D eigenvalue weighted by molar-refractivity contribution is 5.82. The highest BCUT2D eigenvalue weighted by Gasteiger charge is 2.59. The van der Waals surface area contributed by atoms with E-state index in [2.05, 4.69) is 0 Å². The van der Waals surface area contributed by atoms with E-state index in [0.29, 0.717) is 6.42 Å². The lowest BCUT2D eigenvalue weighted by atomic mass is 10.2. The van der Waals surface area contributed by atoms with E-state index in [1.165, 1.54) is 4.90 Å². The topological polar surface area (TPSA) is 117 Å². The predicted molar refractivity (Wildman–Crippen MR) is 128 cm³/mol. The van der Waals surface area contributed by atoms with Crippen molar-refractivity contribution in [1.82, 2.24) is 9.80 Å². The Morgan fingerprint density at radius 3 is 1.59 bits per heavy atom. The number of carboxylic acids is 1. The number of aliphatic carboxylic acids is 1. The Morgan fingerprint density at radius 2 is 1.21 bits per heavy atom. The number of rotatable bonds is 2. The van der Waals surface area contributed by atoms with Gasteiger partial charge in [-0.15, -0.1) is 0 Å². The fourth-order valence-electron chi connectivity index (χ4n) is 5.02. The van der Waals surface area contributed by atoms with Crippen LogP contribution in [0.15, 0.2) is 0 Å². The Hall–Kier alpha value is -2.03. The molecule has 196 valence electrons. The van der Waals surface area contributed by atoms with E-state index in [9.17, 15) is 19.5 Å². The summed E-state index contributed by atoms with van der Waals surface area (Å²) in [4.78, 5) is 38.5. The maximum Gasteiger partial charge on any atom is 0.411 e. The number of aliphatic hydroxyl groups is 1. The zero-order valence-corrected chi connectivity index (χ0v) is 20.8. The molecule has 0 radical (unpaired) electrons. The summed E-state index contributed by atoms with van der Waals surface area (Å²) >= 11 is 0. The van der Waals surface area contributed by atoms with Crippen LogP contribution in [0.4, 0.5) is 9.59 Å². The number of amides is 2. The van der Waals surface area contributed by atoms with Crippen LogP contribution < -0.4 is 0 Å². The second-order valence-electron chi connectivity index (χ2n) is 11.9. The Balaban J connectivity index is 0.000000234. The zero-order chi connectivity index (χ0) is 24.8. The fourth-order valence-corrected chi connectivity index (χ4v) is 5.02. The number of ether oxygens (including phenoxy) is 2. The molecule has 4 aliphatic rings. The molecule has 2 amide bonds. The van der Waals surface area contributed by atoms with E-state index in [1.54, 1.807) is 25.7 Å². The summed E-state index contributed by atoms with van der Waals surface area (Å²) in [7, 11) is 0. The normalized spacial score (nSPS) is 25.9. The molecular formula is C25H44N2O7. The number of hydrogen-bond acceptors (Lipinski definition) is 6. The Kier molecular flexibility index (Phi) is 7.92. The van der Waals surface area contributed by atoms with Gasteiger partial charge in [-0.25, -0.2) is 14.4 Å². The van der Waals surface area contributed by atoms with Gasteiger partial charge in [0, 0.05) is 11.1 Å². The molecule has 0 bridgehead atoms. The maximum absolute atomic E-state index is 12.1. The molecule has 0 aromatic carbocycles. The molecule has 0 aromatic rings. The van der Waals surface area contributed by atoms with Gasteiger partial charge < -0.3 is 19.7 Å². The average Bonchev–Trinajstić information content (AvgIpc) is 3.49. The van der Waals surface area contributed by atoms with Crippen LogP contribution in [0.5, 0.6) is 0 Å². The van der Waals surface area contributed by atoms with Gasteiger partial charge >= 0.3 is 18.2 Å². The van der Waals surface area contributed by atoms with Crippen LogP contribution in [0.2, 0.25) is 0 Å². The average molecular weight is 485 g/mol. The molecule has 1 unspecified atom stereocenters. The molecule has 2 spiro atoms. The fraction of sp³-hybridized carbons (Fsp3) is 0.880. The van der Waals surface area contributed by atoms with E-state index in [0.717, 1.165) is 44.9 Å². The van der Waals surface area contributed by atoms with Crippen molar-refractivity contribution in [3.05, 3.63) is 0 Å². The molecule has 0 aromatic heterocycles. The van der Waals surface area contributed by atoms with Crippen molar-refractivity contribution >= 4 is 18.2 Å². The van der Waals surface area contributed by atoms with E-state index >= 15 is 0 Å². The third-order valence-corrected chi connectivity index (χ3v) is 6.86. The van der Waals surface area contributed by atoms with Crippen molar-refractivity contribution < 1.29 is 34.1 Å². The number of carboxylic acid groups (broad SMARTS) is 1. The van der Waals surface area contributed by atoms with E-state index in [1.807, 2.05) is 20.8 Å². The number of carbonyl (C=O) groups excluding carboxylic acids is 2. The second-order valence-corrected chi connectivity index (χ2v) is 11.9. The van der Waals surface area contributed by atoms with Crippen LogP contribution in [0, 0.1) is 0 Å². The first-order valence-electron chi connectivity index (χ1n) is 12.0. The number of carbonyl (C=O) groups is 3. The molecule has 2 heterocycles. The minimum absolute atomic E-state index is 0. The van der Waals surface area contributed by atoms with Gasteiger partial charge in [0.2, 0.25) is 0 Å². The summed E-state index contributed by atoms with van der Waals surface area (Å²) in [6.45, 7) is 11.0. The molecule has 4 fully saturated rings. The van der Waals surface area contributed by atoms with Crippen LogP contribution in [0.1, 0.15) is 100 Å². The molecule has 2 N–H and O–H groups in total. The van der Waals surface area contributed by atoms with Crippen LogP contribution in [0.25, 0.3) is 0 Å². The lowest BCUT2D eigenvalue weighted by molar-refractivity contribution is -0.142. The van der Waals surface area contributed by atoms with Gasteiger partial charge in [-0.2, -0.15) is 0 Å². The minimum Gasteiger partial charge on any atom is -0.480 e. The van der Waals surface area contributed by atoms with Gasteiger partial charge in [0.15, 0.2) is 0 Å². The van der Waals surface area contributed by atoms with E-state index in [-0.39, 0.29) is 37.2 Å². The molecule has 2 atom stereocenters. The second kappa shape index (κ2) is 9.55. The van der Waals surface area contributed by atoms with Crippen LogP contribution in [0.3, 0.4) is 0 Å². The Labute approximate surface area is 203 Å². The molecular weight excluding hydrogens is 440 g/mol. The molecule has 2 saturated heterocycles. The zero-order valence-electron chi connectivity index (χ0n) is 20.8. The van der Waals surface area contributed by atoms with Crippen molar-refractivity contribution in [2.75, 3.05) is 6.61 Å². The smallest absolute Gasteiger partial charge is 0.411 e. The minimum atomic E-state index is -0.931. The summed E-state index contributed by atoms with van der Waals surface area (Å²) in [6, 6.07) is -0.760. The molecule has 2 aliphatic carbocycles. The predicted octanol–water partition coefficient (Wildman–Crippen LogP) is 4.55. The molecule has 9 nitrogen and oxygen atoms in total. The van der Waals surface area contributed by atoms with Gasteiger partial charge in [-0.3, -0.25) is 9.80 Å². The Morgan fingerprint density at radius 1 is 0.794 bits per heavy atom. The van der Waals surface area contributed by atoms with Gasteiger partial charge in [-0.1, -0.05) is 7.43 Å². The molecule has 2 aliphatic heterocycles. The first-order chi connectivity index (χ1) is 15.1. The highest BCUT2D eigenvalue weighted by Crippen LogP contribution is 2.53. The van der Waals surface area contributed by atoms with Gasteiger partial charge in [-0.05, 0) is 92.9 Å². The first-order valence-corrected chi connectivity index (χ1v) is 12.0. The maximum atomic E-state index is 12.1. The highest BCUT2D eigenvalue weighted by atomic mass is 16.6. The van der Waals surface area contributed by atoms with Gasteiger partial charge in [0.25, 0.3) is 0 Å². The summed E-state index contributed by atoms with van der Waals surface area (Å²) in [5, 5.41) is 18.4. The van der Waals surface area contributed by atoms with Crippen LogP contribution in [-0.4, -0.2) is 79.1 Å². The molecule has 2 saturated carbocycles. The van der Waals surface area contributed by atoms with E-state index < -0.39 is 29.3 Å². The van der Waals surface area contributed by atoms with Crippen molar-refractivity contribution in [2.45, 2.75) is 135 Å². The van der Waals surface area contributed by atoms with Crippen LogP contribution >= 0.6 is 0 Å². The van der Waals surface area contributed by atoms with E-state index in [4.69, 9.17) is 14.6 Å². The van der Waals surface area contributed by atoms with Crippen molar-refractivity contribution in [1.29, 1.82) is 0 Å². The van der Waals surface area contributed by atoms with Crippen LogP contribution in [-0.2, 0) is 14.3 Å². The number of likely N-dealkylation sites (tertiary alicyclic amines) is 2. The Bertz CT molecular complexity index is 775. The lowest BCUT2D eigenvalue weighted by Crippen LogP contribution is -2.48. The summed E-state index contributed by atoms with van der Waals surface area (Å²) in [5.74, 6) is -0.931. The van der Waals surface area contributed by atoms with Crippen molar-refractivity contribution in [3.63, 3.8) is 0 Å². The third-order valence-electron chi connectivity index (χ3n) is 6.86. The lowest BCUT2D eigenvalue weighted by Gasteiger charge is -2.32. The summed E-state index contributed by atoms with van der Waals surface area (Å²) in [6.07, 6.45) is 6.39. The van der Waals surface area contributed by atoms with Gasteiger partial charge in [0.1, 0.15) is 17.2 Å². The summed E-state index contributed by atoms with van der Waals surface area (Å²) in [5.41, 5.74) is -1.24. The number of nitrogens with zero attached hydrogens (tertiary/aromatic N) is 2. The quantitative estimate of drug-likeness (QED) is 0.590. The first kappa shape index (κ1) is 28.2. The number of aliphatic hydroxyl groups excluding tert-OH is 1. The standard InChI is InChI=1S/C12H19NO4.C12H21NO3.CH4/c1-11(2,3)17-10(16)13-8(9(14)15)4-5-12(13)6-7-12;1-11(2,3)16-10(15)13-9(8-14)4-5-12(13)6-7-12;/h8H,4-7H2,1-3H3,(H,14,15);9,14H,4-8H2,1-3H3;1H4/t8-;;/m0../s1. The SMILES string of the molecule is C.CC(C)(C)OC(=O)N1C(CO)CCC12CC2.CC(C)(C)OC(=O)N1[C@H](C(=O)O)CCC12CC2. The monoisotopic (exact) mass is 484 g/mol. The number of hydrogen-bond donors (Lipinski definition) is 2. The van der Waals surface area contributed by atoms with Crippen molar-refractivity contribution in [3.8, 4) is 0 Å². The summed E-state index contributed by atoms with van der Waals surface area (Å²) < 4.78 is 10.7. The molecule has 34 heavy (non-hydrogen) atoms. The molecule has 9 heteroatoms. The van der Waals surface area contributed by atoms with Crippen molar-refractivity contribution in [2.24, 2.45) is 0 Å². The largest absolute Gasteiger partial charge is 0.480 e. The van der Waals surface area contributed by atoms with Gasteiger partial charge in [0.05, 0.1) is 12.6 Å².